The first-order valence-electron chi connectivity index (χ1n) is 10.6. The highest BCUT2D eigenvalue weighted by atomic mass is 16.5. The van der Waals surface area contributed by atoms with Crippen molar-refractivity contribution in [2.75, 3.05) is 13.1 Å². The second-order valence-electron chi connectivity index (χ2n) is 8.38. The Morgan fingerprint density at radius 2 is 1.83 bits per heavy atom. The van der Waals surface area contributed by atoms with Gasteiger partial charge in [0.15, 0.2) is 5.76 Å². The normalized spacial score (nSPS) is 18.4. The number of benzene rings is 1. The fourth-order valence-electron chi connectivity index (χ4n) is 4.43. The lowest BCUT2D eigenvalue weighted by Gasteiger charge is -2.35. The Morgan fingerprint density at radius 3 is 2.57 bits per heavy atom. The molecule has 2 fully saturated rings. The molecular formula is C23H25N3O4. The summed E-state index contributed by atoms with van der Waals surface area (Å²) in [6.45, 7) is 1.68. The average Bonchev–Trinajstić information content (AvgIpc) is 3.40. The van der Waals surface area contributed by atoms with Crippen LogP contribution < -0.4 is 0 Å². The summed E-state index contributed by atoms with van der Waals surface area (Å²) in [5, 5.41) is 13.0. The fourth-order valence-corrected chi connectivity index (χ4v) is 4.43. The molecule has 0 bridgehead atoms. The van der Waals surface area contributed by atoms with Gasteiger partial charge in [-0.2, -0.15) is 4.98 Å². The lowest BCUT2D eigenvalue weighted by atomic mass is 9.84. The molecule has 1 aliphatic heterocycles. The number of carbonyl (C=O) groups is 1. The Morgan fingerprint density at radius 1 is 1.07 bits per heavy atom. The van der Waals surface area contributed by atoms with Crippen molar-refractivity contribution in [2.24, 2.45) is 5.92 Å². The van der Waals surface area contributed by atoms with Crippen molar-refractivity contribution in [1.29, 1.82) is 0 Å². The molecule has 7 nitrogen and oxygen atoms in total. The highest BCUT2D eigenvalue weighted by Gasteiger charge is 2.32. The predicted molar refractivity (Wildman–Crippen MR) is 110 cm³/mol. The van der Waals surface area contributed by atoms with Gasteiger partial charge in [0, 0.05) is 18.7 Å². The lowest BCUT2D eigenvalue weighted by Crippen LogP contribution is -2.49. The van der Waals surface area contributed by atoms with Gasteiger partial charge in [-0.25, -0.2) is 0 Å². The summed E-state index contributed by atoms with van der Waals surface area (Å²) in [5.41, 5.74) is 2.30. The molecule has 1 aromatic carbocycles. The van der Waals surface area contributed by atoms with Crippen LogP contribution in [0.15, 0.2) is 45.3 Å². The fraction of sp³-hybridized carbons (Fsp3) is 0.435. The number of aromatic nitrogens is 2. The zero-order chi connectivity index (χ0) is 20.5. The maximum atomic E-state index is 10.9. The third-order valence-corrected chi connectivity index (χ3v) is 6.23. The molecule has 5 rings (SSSR count). The van der Waals surface area contributed by atoms with Crippen LogP contribution in [0.4, 0.5) is 0 Å². The van der Waals surface area contributed by atoms with E-state index in [2.05, 4.69) is 34.4 Å². The van der Waals surface area contributed by atoms with E-state index in [-0.39, 0.29) is 5.92 Å². The molecule has 30 heavy (non-hydrogen) atoms. The van der Waals surface area contributed by atoms with Gasteiger partial charge in [0.2, 0.25) is 5.82 Å². The molecule has 0 atom stereocenters. The number of aliphatic carboxylic acids is 1. The Hall–Kier alpha value is -2.93. The first-order chi connectivity index (χ1) is 14.7. The number of furan rings is 1. The van der Waals surface area contributed by atoms with Crippen LogP contribution in [-0.2, 0) is 11.3 Å². The summed E-state index contributed by atoms with van der Waals surface area (Å²) < 4.78 is 11.3. The highest BCUT2D eigenvalue weighted by molar-refractivity contribution is 5.71. The zero-order valence-corrected chi connectivity index (χ0v) is 16.8. The van der Waals surface area contributed by atoms with Gasteiger partial charge in [0.25, 0.3) is 5.89 Å². The van der Waals surface area contributed by atoms with Crippen LogP contribution in [0.25, 0.3) is 23.0 Å². The molecule has 1 N–H and O–H groups in total. The summed E-state index contributed by atoms with van der Waals surface area (Å²) in [4.78, 5) is 17.4. The molecule has 3 heterocycles. The van der Waals surface area contributed by atoms with Gasteiger partial charge in [0.1, 0.15) is 5.76 Å². The van der Waals surface area contributed by atoms with Crippen molar-refractivity contribution in [3.05, 3.63) is 47.7 Å². The largest absolute Gasteiger partial charge is 0.481 e. The average molecular weight is 407 g/mol. The number of hydrogen-bond acceptors (Lipinski definition) is 6. The quantitative estimate of drug-likeness (QED) is 0.640. The van der Waals surface area contributed by atoms with E-state index in [1.165, 1.54) is 37.7 Å². The molecular weight excluding hydrogens is 382 g/mol. The van der Waals surface area contributed by atoms with Gasteiger partial charge in [0.05, 0.1) is 12.5 Å². The van der Waals surface area contributed by atoms with E-state index in [4.69, 9.17) is 14.0 Å². The van der Waals surface area contributed by atoms with Crippen molar-refractivity contribution < 1.29 is 18.8 Å². The van der Waals surface area contributed by atoms with Gasteiger partial charge < -0.3 is 14.0 Å². The van der Waals surface area contributed by atoms with Crippen LogP contribution in [0.5, 0.6) is 0 Å². The van der Waals surface area contributed by atoms with Gasteiger partial charge in [-0.3, -0.25) is 9.69 Å². The number of carboxylic acids is 1. The second kappa shape index (κ2) is 8.07. The first-order valence-corrected chi connectivity index (χ1v) is 10.6. The molecule has 1 saturated heterocycles. The van der Waals surface area contributed by atoms with Gasteiger partial charge >= 0.3 is 5.97 Å². The summed E-state index contributed by atoms with van der Waals surface area (Å²) in [5.74, 6) is 1.86. The van der Waals surface area contributed by atoms with E-state index in [0.717, 1.165) is 11.3 Å². The summed E-state index contributed by atoms with van der Waals surface area (Å²) in [6.07, 6.45) is 6.55. The third kappa shape index (κ3) is 3.89. The molecule has 2 aliphatic rings. The van der Waals surface area contributed by atoms with Crippen molar-refractivity contribution in [3.63, 3.8) is 0 Å². The Labute approximate surface area is 174 Å². The minimum absolute atomic E-state index is 0.274. The standard InChI is InChI=1S/C23H25N3O4/c27-23(28)18-12-26(13-18)14-19-10-11-20(29-19)21-24-22(30-25-21)17-8-6-16(7-9-17)15-4-2-1-3-5-15/h6-11,15,18H,1-5,12-14H2,(H,27,28). The first kappa shape index (κ1) is 19.1. The maximum absolute atomic E-state index is 10.9. The van der Waals surface area contributed by atoms with Gasteiger partial charge in [-0.05, 0) is 48.6 Å². The molecule has 3 aromatic rings. The van der Waals surface area contributed by atoms with E-state index in [9.17, 15) is 4.79 Å². The Balaban J connectivity index is 1.23. The van der Waals surface area contributed by atoms with Crippen LogP contribution in [0.3, 0.4) is 0 Å². The zero-order valence-electron chi connectivity index (χ0n) is 16.8. The Kier molecular flexibility index (Phi) is 5.12. The van der Waals surface area contributed by atoms with Gasteiger partial charge in [-0.1, -0.05) is 36.6 Å². The van der Waals surface area contributed by atoms with Crippen LogP contribution in [0.1, 0.15) is 49.3 Å². The van der Waals surface area contributed by atoms with E-state index >= 15 is 0 Å². The van der Waals surface area contributed by atoms with Crippen molar-refractivity contribution >= 4 is 5.97 Å². The minimum Gasteiger partial charge on any atom is -0.481 e. The molecule has 1 aliphatic carbocycles. The SMILES string of the molecule is O=C(O)C1CN(Cc2ccc(-c3noc(-c4ccc(C5CCCCC5)cc4)n3)o2)C1. The van der Waals surface area contributed by atoms with Crippen LogP contribution in [-0.4, -0.2) is 39.2 Å². The van der Waals surface area contributed by atoms with Crippen LogP contribution >= 0.6 is 0 Å². The molecule has 156 valence electrons. The maximum Gasteiger partial charge on any atom is 0.309 e. The minimum atomic E-state index is -0.738. The van der Waals surface area contributed by atoms with Crippen LogP contribution in [0, 0.1) is 5.92 Å². The van der Waals surface area contributed by atoms with E-state index < -0.39 is 5.97 Å². The molecule has 7 heteroatoms. The monoisotopic (exact) mass is 407 g/mol. The van der Waals surface area contributed by atoms with Crippen LogP contribution in [0.2, 0.25) is 0 Å². The topological polar surface area (TPSA) is 92.6 Å². The highest BCUT2D eigenvalue weighted by Crippen LogP contribution is 2.33. The van der Waals surface area contributed by atoms with E-state index in [1.807, 2.05) is 17.0 Å². The van der Waals surface area contributed by atoms with Crippen molar-refractivity contribution in [3.8, 4) is 23.0 Å². The van der Waals surface area contributed by atoms with Gasteiger partial charge in [-0.15, -0.1) is 0 Å². The summed E-state index contributed by atoms with van der Waals surface area (Å²) in [6, 6.07) is 12.2. The third-order valence-electron chi connectivity index (χ3n) is 6.23. The molecule has 0 unspecified atom stereocenters. The van der Waals surface area contributed by atoms with E-state index in [0.29, 0.717) is 43.0 Å². The molecule has 0 spiro atoms. The predicted octanol–water partition coefficient (Wildman–Crippen LogP) is 4.56. The molecule has 0 amide bonds. The number of rotatable bonds is 6. The number of carboxylic acid groups (broad SMARTS) is 1. The molecule has 0 radical (unpaired) electrons. The number of nitrogens with zero attached hydrogens (tertiary/aromatic N) is 3. The van der Waals surface area contributed by atoms with Crippen molar-refractivity contribution in [2.45, 2.75) is 44.6 Å². The summed E-state index contributed by atoms with van der Waals surface area (Å²) in [7, 11) is 0. The lowest BCUT2D eigenvalue weighted by molar-refractivity contribution is -0.147. The molecule has 1 saturated carbocycles. The number of hydrogen-bond donors (Lipinski definition) is 1. The second-order valence-corrected chi connectivity index (χ2v) is 8.38. The molecule has 2 aromatic heterocycles. The smallest absolute Gasteiger partial charge is 0.309 e. The Bertz CT molecular complexity index is 1010. The summed E-state index contributed by atoms with van der Waals surface area (Å²) >= 11 is 0. The van der Waals surface area contributed by atoms with E-state index in [1.54, 1.807) is 0 Å². The number of likely N-dealkylation sites (tertiary alicyclic amines) is 1. The van der Waals surface area contributed by atoms with Crippen molar-refractivity contribution in [1.82, 2.24) is 15.0 Å².